The molecule has 9 heteroatoms. The molecular weight excluding hydrogens is 340 g/mol. The lowest BCUT2D eigenvalue weighted by Gasteiger charge is -2.13. The zero-order valence-electron chi connectivity index (χ0n) is 13.4. The van der Waals surface area contributed by atoms with Crippen molar-refractivity contribution < 1.29 is 12.9 Å². The van der Waals surface area contributed by atoms with E-state index in [1.165, 1.54) is 26.2 Å². The van der Waals surface area contributed by atoms with Gasteiger partial charge in [0.2, 0.25) is 10.0 Å². The maximum atomic E-state index is 12.3. The zero-order valence-corrected chi connectivity index (χ0v) is 14.9. The van der Waals surface area contributed by atoms with Gasteiger partial charge in [-0.25, -0.2) is 12.7 Å². The third-order valence-corrected chi connectivity index (χ3v) is 5.68. The van der Waals surface area contributed by atoms with Gasteiger partial charge in [0.15, 0.2) is 5.82 Å². The number of sulfonamides is 1. The van der Waals surface area contributed by atoms with Crippen molar-refractivity contribution in [2.75, 3.05) is 21.1 Å². The van der Waals surface area contributed by atoms with Crippen LogP contribution in [0, 0.1) is 0 Å². The molecule has 0 fully saturated rings. The molecule has 126 valence electrons. The first-order valence-corrected chi connectivity index (χ1v) is 8.79. The Morgan fingerprint density at radius 3 is 2.70 bits per heavy atom. The van der Waals surface area contributed by atoms with Crippen molar-refractivity contribution in [2.24, 2.45) is 0 Å². The average Bonchev–Trinajstić information content (AvgIpc) is 2.95. The van der Waals surface area contributed by atoms with Crippen LogP contribution in [0.5, 0.6) is 0 Å². The van der Waals surface area contributed by atoms with Crippen molar-refractivity contribution in [3.63, 3.8) is 0 Å². The normalized spacial score (nSPS) is 13.5. The summed E-state index contributed by atoms with van der Waals surface area (Å²) >= 11 is 6.02. The number of hydrogen-bond acceptors (Lipinski definition) is 6. The van der Waals surface area contributed by atoms with Crippen LogP contribution < -0.4 is 5.32 Å². The minimum Gasteiger partial charge on any atom is -0.334 e. The van der Waals surface area contributed by atoms with E-state index in [2.05, 4.69) is 15.5 Å². The van der Waals surface area contributed by atoms with Gasteiger partial charge in [0, 0.05) is 32.1 Å². The second kappa shape index (κ2) is 6.96. The molecule has 0 saturated carbocycles. The monoisotopic (exact) mass is 358 g/mol. The lowest BCUT2D eigenvalue weighted by atomic mass is 10.2. The van der Waals surface area contributed by atoms with E-state index in [0.717, 1.165) is 4.31 Å². The third kappa shape index (κ3) is 3.89. The summed E-state index contributed by atoms with van der Waals surface area (Å²) in [5.41, 5.74) is 0.505. The van der Waals surface area contributed by atoms with E-state index in [1.54, 1.807) is 6.07 Å². The quantitative estimate of drug-likeness (QED) is 0.846. The highest BCUT2D eigenvalue weighted by Gasteiger charge is 2.22. The van der Waals surface area contributed by atoms with E-state index in [0.29, 0.717) is 17.8 Å². The Morgan fingerprint density at radius 1 is 1.39 bits per heavy atom. The molecule has 0 spiro atoms. The Labute approximate surface area is 140 Å². The third-order valence-electron chi connectivity index (χ3n) is 3.39. The number of benzene rings is 1. The molecule has 0 saturated heterocycles. The van der Waals surface area contributed by atoms with Crippen LogP contribution in [0.4, 0.5) is 0 Å². The van der Waals surface area contributed by atoms with E-state index in [1.807, 2.05) is 14.0 Å². The van der Waals surface area contributed by atoms with E-state index < -0.39 is 10.0 Å². The molecule has 0 aliphatic carbocycles. The van der Waals surface area contributed by atoms with Gasteiger partial charge < -0.3 is 9.84 Å². The number of hydrogen-bond donors (Lipinski definition) is 1. The molecule has 0 radical (unpaired) electrons. The molecule has 7 nitrogen and oxygen atoms in total. The van der Waals surface area contributed by atoms with Gasteiger partial charge in [0.1, 0.15) is 4.90 Å². The number of aromatic nitrogens is 2. The van der Waals surface area contributed by atoms with Crippen molar-refractivity contribution in [3.8, 4) is 11.5 Å². The summed E-state index contributed by atoms with van der Waals surface area (Å²) in [7, 11) is 1.09. The lowest BCUT2D eigenvalue weighted by Crippen LogP contribution is -2.24. The second-order valence-electron chi connectivity index (χ2n) is 5.34. The van der Waals surface area contributed by atoms with Crippen LogP contribution in [0.15, 0.2) is 27.6 Å². The minimum atomic E-state index is -3.65. The smallest absolute Gasteiger partial charge is 0.257 e. The van der Waals surface area contributed by atoms with Crippen molar-refractivity contribution in [3.05, 3.63) is 29.0 Å². The van der Waals surface area contributed by atoms with Crippen LogP contribution in [0.1, 0.15) is 12.7 Å². The standard InChI is InChI=1S/C14H19ClN4O3S/c1-9(16-2)7-13-17-14(22-18-13)10-5-6-11(15)12(8-10)23(20,21)19(3)4/h5-6,8-9,16H,7H2,1-4H3. The van der Waals surface area contributed by atoms with Gasteiger partial charge in [-0.1, -0.05) is 16.8 Å². The zero-order chi connectivity index (χ0) is 17.2. The largest absolute Gasteiger partial charge is 0.334 e. The Hall–Kier alpha value is -1.48. The summed E-state index contributed by atoms with van der Waals surface area (Å²) in [5.74, 6) is 0.809. The fourth-order valence-electron chi connectivity index (χ4n) is 1.86. The Balaban J connectivity index is 2.39. The first-order valence-electron chi connectivity index (χ1n) is 6.98. The van der Waals surface area contributed by atoms with Crippen LogP contribution in [-0.4, -0.2) is 50.0 Å². The number of halogens is 1. The maximum Gasteiger partial charge on any atom is 0.257 e. The van der Waals surface area contributed by atoms with Gasteiger partial charge in [-0.2, -0.15) is 4.98 Å². The molecule has 1 aromatic carbocycles. The fraction of sp³-hybridized carbons (Fsp3) is 0.429. The van der Waals surface area contributed by atoms with Gasteiger partial charge in [-0.15, -0.1) is 0 Å². The predicted molar refractivity (Wildman–Crippen MR) is 87.8 cm³/mol. The highest BCUT2D eigenvalue weighted by molar-refractivity contribution is 7.89. The Kier molecular flexibility index (Phi) is 5.41. The summed E-state index contributed by atoms with van der Waals surface area (Å²) in [5, 5.41) is 7.14. The molecule has 2 aromatic rings. The summed E-state index contributed by atoms with van der Waals surface area (Å²) < 4.78 is 30.9. The first kappa shape index (κ1) is 17.9. The predicted octanol–water partition coefficient (Wildman–Crippen LogP) is 1.79. The van der Waals surface area contributed by atoms with Crippen molar-refractivity contribution >= 4 is 21.6 Å². The summed E-state index contributed by atoms with van der Waals surface area (Å²) in [4.78, 5) is 4.30. The molecule has 0 aliphatic rings. The molecule has 0 aliphatic heterocycles. The molecule has 23 heavy (non-hydrogen) atoms. The van der Waals surface area contributed by atoms with E-state index in [-0.39, 0.29) is 21.9 Å². The minimum absolute atomic E-state index is 0.00464. The van der Waals surface area contributed by atoms with Crippen LogP contribution >= 0.6 is 11.6 Å². The molecule has 1 atom stereocenters. The number of nitrogens with one attached hydrogen (secondary N) is 1. The summed E-state index contributed by atoms with van der Waals surface area (Å²) in [6.07, 6.45) is 0.608. The lowest BCUT2D eigenvalue weighted by molar-refractivity contribution is 0.418. The fourth-order valence-corrected chi connectivity index (χ4v) is 3.25. The van der Waals surface area contributed by atoms with Gasteiger partial charge in [0.25, 0.3) is 5.89 Å². The molecule has 2 rings (SSSR count). The van der Waals surface area contributed by atoms with Gasteiger partial charge in [-0.05, 0) is 32.2 Å². The van der Waals surface area contributed by atoms with E-state index in [4.69, 9.17) is 16.1 Å². The molecule has 1 N–H and O–H groups in total. The van der Waals surface area contributed by atoms with Crippen LogP contribution in [0.3, 0.4) is 0 Å². The summed E-state index contributed by atoms with van der Waals surface area (Å²) in [6, 6.07) is 4.80. The van der Waals surface area contributed by atoms with E-state index in [9.17, 15) is 8.42 Å². The van der Waals surface area contributed by atoms with Gasteiger partial charge in [-0.3, -0.25) is 0 Å². The van der Waals surface area contributed by atoms with Gasteiger partial charge in [0.05, 0.1) is 5.02 Å². The first-order chi connectivity index (χ1) is 10.8. The molecule has 1 heterocycles. The van der Waals surface area contributed by atoms with Crippen LogP contribution in [0.25, 0.3) is 11.5 Å². The molecule has 0 amide bonds. The average molecular weight is 359 g/mol. The SMILES string of the molecule is CNC(C)Cc1noc(-c2ccc(Cl)c(S(=O)(=O)N(C)C)c2)n1. The Morgan fingerprint density at radius 2 is 2.09 bits per heavy atom. The van der Waals surface area contributed by atoms with Crippen LogP contribution in [0.2, 0.25) is 5.02 Å². The highest BCUT2D eigenvalue weighted by Crippen LogP contribution is 2.29. The molecular formula is C14H19ClN4O3S. The van der Waals surface area contributed by atoms with E-state index >= 15 is 0 Å². The van der Waals surface area contributed by atoms with Gasteiger partial charge >= 0.3 is 0 Å². The number of rotatable bonds is 6. The molecule has 1 unspecified atom stereocenters. The topological polar surface area (TPSA) is 88.3 Å². The summed E-state index contributed by atoms with van der Waals surface area (Å²) in [6.45, 7) is 2.00. The molecule has 1 aromatic heterocycles. The molecule has 0 bridgehead atoms. The number of nitrogens with zero attached hydrogens (tertiary/aromatic N) is 3. The Bertz CT molecular complexity index is 789. The van der Waals surface area contributed by atoms with Crippen molar-refractivity contribution in [1.82, 2.24) is 19.8 Å². The van der Waals surface area contributed by atoms with Crippen molar-refractivity contribution in [2.45, 2.75) is 24.3 Å². The maximum absolute atomic E-state index is 12.3. The van der Waals surface area contributed by atoms with Crippen molar-refractivity contribution in [1.29, 1.82) is 0 Å². The highest BCUT2D eigenvalue weighted by atomic mass is 35.5. The number of likely N-dealkylation sites (N-methyl/N-ethyl adjacent to an activating group) is 1. The van der Waals surface area contributed by atoms with Crippen LogP contribution in [-0.2, 0) is 16.4 Å². The second-order valence-corrected chi connectivity index (χ2v) is 7.87.